The Morgan fingerprint density at radius 1 is 0.786 bits per heavy atom. The number of hydrogen-bond acceptors (Lipinski definition) is 1. The average Bonchev–Trinajstić information content (AvgIpc) is 1.94. The van der Waals surface area contributed by atoms with E-state index in [1.165, 1.54) is 13.1 Å². The van der Waals surface area contributed by atoms with Gasteiger partial charge in [-0.2, -0.15) is 0 Å². The highest BCUT2D eigenvalue weighted by Gasteiger charge is 2.37. The van der Waals surface area contributed by atoms with Crippen molar-refractivity contribution in [1.82, 2.24) is 4.67 Å². The molecule has 0 aromatic heterocycles. The van der Waals surface area contributed by atoms with Gasteiger partial charge in [0.1, 0.15) is 0 Å². The zero-order valence-electron chi connectivity index (χ0n) is 11.3. The topological polar surface area (TPSA) is 3.24 Å². The van der Waals surface area contributed by atoms with Crippen LogP contribution in [-0.2, 0) is 0 Å². The first-order valence-electron chi connectivity index (χ1n) is 5.69. The van der Waals surface area contributed by atoms with Gasteiger partial charge in [0.25, 0.3) is 0 Å². The Balaban J connectivity index is 4.91. The van der Waals surface area contributed by atoms with Crippen molar-refractivity contribution in [3.63, 3.8) is 0 Å². The van der Waals surface area contributed by atoms with E-state index in [1.807, 2.05) is 0 Å². The van der Waals surface area contributed by atoms with Crippen molar-refractivity contribution in [2.75, 3.05) is 13.1 Å². The molecule has 0 aromatic carbocycles. The van der Waals surface area contributed by atoms with E-state index in [0.29, 0.717) is 10.3 Å². The zero-order valence-corrected chi connectivity index (χ0v) is 12.2. The van der Waals surface area contributed by atoms with Gasteiger partial charge in [0.15, 0.2) is 0 Å². The van der Waals surface area contributed by atoms with Gasteiger partial charge in [-0.3, -0.25) is 4.67 Å². The van der Waals surface area contributed by atoms with Crippen molar-refractivity contribution in [2.45, 2.75) is 65.7 Å². The summed E-state index contributed by atoms with van der Waals surface area (Å²) in [5, 5.41) is 0.833. The third kappa shape index (κ3) is 3.87. The Morgan fingerprint density at radius 2 is 1.07 bits per heavy atom. The van der Waals surface area contributed by atoms with Gasteiger partial charge >= 0.3 is 0 Å². The molecule has 0 aliphatic carbocycles. The molecule has 0 N–H and O–H groups in total. The third-order valence-corrected chi connectivity index (χ3v) is 5.96. The number of nitrogens with zero attached hydrogens (tertiary/aromatic N) is 1. The second-order valence-electron chi connectivity index (χ2n) is 5.79. The maximum absolute atomic E-state index is 2.65. The molecule has 0 atom stereocenters. The average molecular weight is 217 g/mol. The van der Waals surface area contributed by atoms with Crippen LogP contribution in [0.15, 0.2) is 0 Å². The molecule has 0 aliphatic rings. The molecule has 0 saturated carbocycles. The molecule has 0 rings (SSSR count). The minimum absolute atomic E-state index is 0.0730. The van der Waals surface area contributed by atoms with Gasteiger partial charge in [0.05, 0.1) is 0 Å². The summed E-state index contributed by atoms with van der Waals surface area (Å²) in [5.74, 6) is 0. The summed E-state index contributed by atoms with van der Waals surface area (Å²) in [6, 6.07) is 0. The fourth-order valence-electron chi connectivity index (χ4n) is 2.36. The molecular weight excluding hydrogens is 189 g/mol. The van der Waals surface area contributed by atoms with E-state index < -0.39 is 0 Å². The smallest absolute Gasteiger partial charge is 0.000732 e. The summed E-state index contributed by atoms with van der Waals surface area (Å²) in [6.45, 7) is 21.2. The van der Waals surface area contributed by atoms with Crippen molar-refractivity contribution in [3.05, 3.63) is 0 Å². The lowest BCUT2D eigenvalue weighted by molar-refractivity contribution is 0.469. The summed E-state index contributed by atoms with van der Waals surface area (Å²) in [5.41, 5.74) is 0. The Labute approximate surface area is 92.1 Å². The normalized spacial score (nSPS) is 14.1. The lowest BCUT2D eigenvalue weighted by Crippen LogP contribution is -2.35. The van der Waals surface area contributed by atoms with E-state index in [4.69, 9.17) is 0 Å². The van der Waals surface area contributed by atoms with Crippen LogP contribution in [0.3, 0.4) is 0 Å². The maximum atomic E-state index is 2.65. The lowest BCUT2D eigenvalue weighted by atomic mass is 10.2. The van der Waals surface area contributed by atoms with Gasteiger partial charge in [-0.1, -0.05) is 55.4 Å². The molecule has 0 aliphatic heterocycles. The van der Waals surface area contributed by atoms with Crippen LogP contribution in [0.4, 0.5) is 0 Å². The second kappa shape index (κ2) is 4.94. The van der Waals surface area contributed by atoms with Gasteiger partial charge in [-0.15, -0.1) is 0 Å². The van der Waals surface area contributed by atoms with E-state index in [1.54, 1.807) is 0 Å². The molecule has 0 amide bonds. The van der Waals surface area contributed by atoms with Crippen LogP contribution in [-0.4, -0.2) is 28.1 Å². The molecule has 2 heteroatoms. The van der Waals surface area contributed by atoms with Crippen LogP contribution in [0.1, 0.15) is 55.4 Å². The van der Waals surface area contributed by atoms with E-state index in [-0.39, 0.29) is 8.07 Å². The summed E-state index contributed by atoms with van der Waals surface area (Å²) in [6.07, 6.45) is 0. The van der Waals surface area contributed by atoms with Gasteiger partial charge in [0, 0.05) is 0 Å². The van der Waals surface area contributed by atoms with Gasteiger partial charge in [-0.05, 0) is 31.5 Å². The zero-order chi connectivity index (χ0) is 11.6. The van der Waals surface area contributed by atoms with E-state index in [2.05, 4.69) is 60.1 Å². The first-order valence-corrected chi connectivity index (χ1v) is 6.99. The minimum Gasteiger partial charge on any atom is -0.282 e. The molecule has 0 fully saturated rings. The predicted octanol–water partition coefficient (Wildman–Crippen LogP) is 4.32. The Hall–Kier alpha value is 0.390. The summed E-state index contributed by atoms with van der Waals surface area (Å²) in [7, 11) is -0.0730. The highest BCUT2D eigenvalue weighted by molar-refractivity contribution is 7.58. The fourth-order valence-corrected chi connectivity index (χ4v) is 6.64. The summed E-state index contributed by atoms with van der Waals surface area (Å²) >= 11 is 0. The predicted molar refractivity (Wildman–Crippen MR) is 69.3 cm³/mol. The van der Waals surface area contributed by atoms with E-state index >= 15 is 0 Å². The standard InChI is InChI=1S/C12H28NP/c1-9-13(10-2)14(11(3,4)5)12(6,7)8/h9-10H2,1-8H3. The second-order valence-corrected chi connectivity index (χ2v) is 9.66. The first-order chi connectivity index (χ1) is 6.14. The minimum atomic E-state index is -0.0730. The van der Waals surface area contributed by atoms with Crippen LogP contribution in [0.25, 0.3) is 0 Å². The molecule has 14 heavy (non-hydrogen) atoms. The molecule has 0 unspecified atom stereocenters. The molecular formula is C12H28NP. The molecule has 0 spiro atoms. The first kappa shape index (κ1) is 14.4. The van der Waals surface area contributed by atoms with Crippen molar-refractivity contribution in [2.24, 2.45) is 0 Å². The Bertz CT molecular complexity index is 146. The third-order valence-electron chi connectivity index (χ3n) is 2.28. The summed E-state index contributed by atoms with van der Waals surface area (Å²) in [4.78, 5) is 0. The highest BCUT2D eigenvalue weighted by atomic mass is 31.1. The van der Waals surface area contributed by atoms with Crippen molar-refractivity contribution in [3.8, 4) is 0 Å². The molecule has 0 heterocycles. The molecule has 0 aromatic rings. The van der Waals surface area contributed by atoms with E-state index in [0.717, 1.165) is 0 Å². The molecule has 0 saturated heterocycles. The number of hydrogen-bond donors (Lipinski definition) is 0. The Kier molecular flexibility index (Phi) is 5.08. The molecule has 86 valence electrons. The van der Waals surface area contributed by atoms with Crippen molar-refractivity contribution < 1.29 is 0 Å². The van der Waals surface area contributed by atoms with Gasteiger partial charge in [-0.25, -0.2) is 0 Å². The Morgan fingerprint density at radius 3 is 1.14 bits per heavy atom. The lowest BCUT2D eigenvalue weighted by Gasteiger charge is -2.47. The van der Waals surface area contributed by atoms with E-state index in [9.17, 15) is 0 Å². The van der Waals surface area contributed by atoms with Crippen molar-refractivity contribution >= 4 is 8.07 Å². The fraction of sp³-hybridized carbons (Fsp3) is 1.00. The van der Waals surface area contributed by atoms with Crippen LogP contribution in [0, 0.1) is 0 Å². The molecule has 0 radical (unpaired) electrons. The summed E-state index contributed by atoms with van der Waals surface area (Å²) < 4.78 is 2.65. The molecule has 0 bridgehead atoms. The SMILES string of the molecule is CCN(CC)P(C(C)(C)C)C(C)(C)C. The highest BCUT2D eigenvalue weighted by Crippen LogP contribution is 2.61. The van der Waals surface area contributed by atoms with Gasteiger partial charge < -0.3 is 0 Å². The number of rotatable bonds is 3. The maximum Gasteiger partial charge on any atom is -0.000732 e. The quantitative estimate of drug-likeness (QED) is 0.636. The van der Waals surface area contributed by atoms with Crippen LogP contribution >= 0.6 is 8.07 Å². The van der Waals surface area contributed by atoms with Crippen LogP contribution < -0.4 is 0 Å². The van der Waals surface area contributed by atoms with Crippen LogP contribution in [0.5, 0.6) is 0 Å². The van der Waals surface area contributed by atoms with Crippen LogP contribution in [0.2, 0.25) is 0 Å². The van der Waals surface area contributed by atoms with Gasteiger partial charge in [0.2, 0.25) is 0 Å². The van der Waals surface area contributed by atoms with Crippen molar-refractivity contribution in [1.29, 1.82) is 0 Å². The largest absolute Gasteiger partial charge is 0.282 e. The monoisotopic (exact) mass is 217 g/mol. The molecule has 1 nitrogen and oxygen atoms in total.